The number of anilines is 1. The zero-order valence-electron chi connectivity index (χ0n) is 16.7. The van der Waals surface area contributed by atoms with E-state index in [0.29, 0.717) is 31.1 Å². The first-order valence-electron chi connectivity index (χ1n) is 10.3. The Kier molecular flexibility index (Phi) is 5.61. The van der Waals surface area contributed by atoms with E-state index in [0.717, 1.165) is 30.8 Å². The highest BCUT2D eigenvalue weighted by Gasteiger charge is 2.31. The fourth-order valence-electron chi connectivity index (χ4n) is 4.50. The third-order valence-corrected chi connectivity index (χ3v) is 7.93. The maximum Gasteiger partial charge on any atom is 0.264 e. The van der Waals surface area contributed by atoms with Crippen molar-refractivity contribution in [2.75, 3.05) is 30.5 Å². The number of quaternary nitrogens is 1. The summed E-state index contributed by atoms with van der Waals surface area (Å²) in [5, 5.41) is 3.00. The Morgan fingerprint density at radius 3 is 2.86 bits per heavy atom. The number of nitrogens with zero attached hydrogens (tertiary/aromatic N) is 1. The molecule has 6 nitrogen and oxygen atoms in total. The van der Waals surface area contributed by atoms with Crippen molar-refractivity contribution in [3.63, 3.8) is 0 Å². The number of hydrogen-bond acceptors (Lipinski definition) is 3. The van der Waals surface area contributed by atoms with Gasteiger partial charge in [-0.3, -0.25) is 9.10 Å². The fraction of sp³-hybridized carbons (Fsp3) is 0.409. The van der Waals surface area contributed by atoms with Crippen molar-refractivity contribution >= 4 is 21.6 Å². The lowest BCUT2D eigenvalue weighted by atomic mass is 10.2. The highest BCUT2D eigenvalue weighted by molar-refractivity contribution is 7.92. The van der Waals surface area contributed by atoms with E-state index in [1.54, 1.807) is 18.2 Å². The van der Waals surface area contributed by atoms with Crippen LogP contribution in [-0.4, -0.2) is 46.5 Å². The van der Waals surface area contributed by atoms with Gasteiger partial charge in [0, 0.05) is 24.9 Å². The van der Waals surface area contributed by atoms with Crippen molar-refractivity contribution in [2.24, 2.45) is 0 Å². The Hall–Kier alpha value is -2.38. The van der Waals surface area contributed by atoms with Gasteiger partial charge in [-0.05, 0) is 43.2 Å². The zero-order chi connectivity index (χ0) is 20.4. The summed E-state index contributed by atoms with van der Waals surface area (Å²) in [6.07, 6.45) is 3.01. The first kappa shape index (κ1) is 19.9. The number of benzene rings is 2. The van der Waals surface area contributed by atoms with Gasteiger partial charge < -0.3 is 10.2 Å². The number of rotatable bonds is 6. The van der Waals surface area contributed by atoms with Crippen LogP contribution in [0.3, 0.4) is 0 Å². The molecule has 0 aliphatic carbocycles. The zero-order valence-corrected chi connectivity index (χ0v) is 17.5. The summed E-state index contributed by atoms with van der Waals surface area (Å²) in [6, 6.07) is 14.4. The SMILES string of the molecule is CC[NH+]1CCC[C@H]1CNC(=O)c1cccc(S(=O)(=O)N2CCc3ccccc32)c1. The molecule has 1 unspecified atom stereocenters. The first-order valence-corrected chi connectivity index (χ1v) is 11.8. The maximum atomic E-state index is 13.2. The van der Waals surface area contributed by atoms with Gasteiger partial charge in [-0.2, -0.15) is 0 Å². The standard InChI is InChI=1S/C22H27N3O3S/c1-2-24-13-6-9-19(24)16-23-22(26)18-8-5-10-20(15-18)29(27,28)25-14-12-17-7-3-4-11-21(17)25/h3-5,7-8,10-11,15,19H,2,6,9,12-14,16H2,1H3,(H,23,26)/p+1/t19-/m0/s1. The molecule has 29 heavy (non-hydrogen) atoms. The number of nitrogens with one attached hydrogen (secondary N) is 2. The lowest BCUT2D eigenvalue weighted by Gasteiger charge is -2.21. The lowest BCUT2D eigenvalue weighted by Crippen LogP contribution is -3.14. The average molecular weight is 415 g/mol. The number of carbonyl (C=O) groups excluding carboxylic acids is 1. The summed E-state index contributed by atoms with van der Waals surface area (Å²) in [5.74, 6) is -0.216. The van der Waals surface area contributed by atoms with Crippen LogP contribution in [0, 0.1) is 0 Å². The molecule has 2 aliphatic rings. The number of amides is 1. The van der Waals surface area contributed by atoms with Gasteiger partial charge in [0.15, 0.2) is 0 Å². The molecule has 2 N–H and O–H groups in total. The van der Waals surface area contributed by atoms with Crippen LogP contribution in [0.4, 0.5) is 5.69 Å². The normalized spacial score (nSPS) is 21.2. The Balaban J connectivity index is 1.50. The molecule has 1 amide bonds. The number of likely N-dealkylation sites (N-methyl/N-ethyl adjacent to an activating group) is 1. The minimum Gasteiger partial charge on any atom is -0.346 e. The molecule has 0 spiro atoms. The van der Waals surface area contributed by atoms with Crippen molar-refractivity contribution < 1.29 is 18.1 Å². The minimum atomic E-state index is -3.70. The molecular weight excluding hydrogens is 386 g/mol. The van der Waals surface area contributed by atoms with Crippen LogP contribution in [0.25, 0.3) is 0 Å². The molecular formula is C22H28N3O3S+. The van der Waals surface area contributed by atoms with E-state index in [1.165, 1.54) is 21.7 Å². The Bertz CT molecular complexity index is 1010. The molecule has 7 heteroatoms. The van der Waals surface area contributed by atoms with E-state index in [2.05, 4.69) is 12.2 Å². The highest BCUT2D eigenvalue weighted by Crippen LogP contribution is 2.32. The van der Waals surface area contributed by atoms with E-state index in [1.807, 2.05) is 24.3 Å². The summed E-state index contributed by atoms with van der Waals surface area (Å²) in [6.45, 7) is 5.43. The number of hydrogen-bond donors (Lipinski definition) is 2. The fourth-order valence-corrected chi connectivity index (χ4v) is 6.05. The Morgan fingerprint density at radius 1 is 1.21 bits per heavy atom. The minimum absolute atomic E-state index is 0.156. The third kappa shape index (κ3) is 3.89. The number of fused-ring (bicyclic) bond motifs is 1. The molecule has 1 saturated heterocycles. The van der Waals surface area contributed by atoms with Crippen LogP contribution in [0.15, 0.2) is 53.4 Å². The van der Waals surface area contributed by atoms with Crippen LogP contribution in [0.2, 0.25) is 0 Å². The summed E-state index contributed by atoms with van der Waals surface area (Å²) >= 11 is 0. The van der Waals surface area contributed by atoms with E-state index in [4.69, 9.17) is 0 Å². The molecule has 2 aromatic carbocycles. The van der Waals surface area contributed by atoms with E-state index in [9.17, 15) is 13.2 Å². The maximum absolute atomic E-state index is 13.2. The first-order chi connectivity index (χ1) is 14.0. The van der Waals surface area contributed by atoms with E-state index in [-0.39, 0.29) is 10.8 Å². The largest absolute Gasteiger partial charge is 0.346 e. The van der Waals surface area contributed by atoms with Crippen LogP contribution in [-0.2, 0) is 16.4 Å². The number of likely N-dealkylation sites (tertiary alicyclic amines) is 1. The van der Waals surface area contributed by atoms with Crippen molar-refractivity contribution in [3.05, 3.63) is 59.7 Å². The van der Waals surface area contributed by atoms with Crippen molar-refractivity contribution in [1.82, 2.24) is 5.32 Å². The van der Waals surface area contributed by atoms with Gasteiger partial charge in [-0.25, -0.2) is 8.42 Å². The van der Waals surface area contributed by atoms with Crippen molar-refractivity contribution in [3.8, 4) is 0 Å². The monoisotopic (exact) mass is 414 g/mol. The number of carbonyl (C=O) groups is 1. The van der Waals surface area contributed by atoms with E-state index >= 15 is 0 Å². The molecule has 2 atom stereocenters. The van der Waals surface area contributed by atoms with Crippen LogP contribution < -0.4 is 14.5 Å². The molecule has 1 fully saturated rings. The van der Waals surface area contributed by atoms with E-state index < -0.39 is 10.0 Å². The smallest absolute Gasteiger partial charge is 0.264 e. The van der Waals surface area contributed by atoms with Gasteiger partial charge in [-0.15, -0.1) is 0 Å². The number of sulfonamides is 1. The predicted octanol–water partition coefficient (Wildman–Crippen LogP) is 1.24. The molecule has 2 heterocycles. The molecule has 0 saturated carbocycles. The summed E-state index contributed by atoms with van der Waals surface area (Å²) < 4.78 is 27.9. The highest BCUT2D eigenvalue weighted by atomic mass is 32.2. The van der Waals surface area contributed by atoms with Gasteiger partial charge in [0.25, 0.3) is 15.9 Å². The Labute approximate surface area is 172 Å². The Morgan fingerprint density at radius 2 is 2.03 bits per heavy atom. The molecule has 0 radical (unpaired) electrons. The topological polar surface area (TPSA) is 70.9 Å². The van der Waals surface area contributed by atoms with Crippen LogP contribution >= 0.6 is 0 Å². The summed E-state index contributed by atoms with van der Waals surface area (Å²) in [7, 11) is -3.70. The molecule has 0 bridgehead atoms. The average Bonchev–Trinajstić information content (AvgIpc) is 3.38. The van der Waals surface area contributed by atoms with Crippen molar-refractivity contribution in [1.29, 1.82) is 0 Å². The lowest BCUT2D eigenvalue weighted by molar-refractivity contribution is -0.909. The second-order valence-corrected chi connectivity index (χ2v) is 9.66. The van der Waals surface area contributed by atoms with Gasteiger partial charge >= 0.3 is 0 Å². The molecule has 2 aromatic rings. The second kappa shape index (κ2) is 8.16. The van der Waals surface area contributed by atoms with Gasteiger partial charge in [-0.1, -0.05) is 24.3 Å². The van der Waals surface area contributed by atoms with Gasteiger partial charge in [0.1, 0.15) is 6.04 Å². The van der Waals surface area contributed by atoms with Gasteiger partial charge in [0.05, 0.1) is 30.2 Å². The van der Waals surface area contributed by atoms with Crippen LogP contribution in [0.5, 0.6) is 0 Å². The molecule has 2 aliphatic heterocycles. The van der Waals surface area contributed by atoms with Crippen LogP contribution in [0.1, 0.15) is 35.7 Å². The van der Waals surface area contributed by atoms with Crippen molar-refractivity contribution in [2.45, 2.75) is 37.1 Å². The predicted molar refractivity (Wildman–Crippen MR) is 113 cm³/mol. The quantitative estimate of drug-likeness (QED) is 0.747. The molecule has 0 aromatic heterocycles. The number of para-hydroxylation sites is 1. The second-order valence-electron chi connectivity index (χ2n) is 7.79. The molecule has 4 rings (SSSR count). The summed E-state index contributed by atoms with van der Waals surface area (Å²) in [5.41, 5.74) is 2.14. The summed E-state index contributed by atoms with van der Waals surface area (Å²) in [4.78, 5) is 14.3. The van der Waals surface area contributed by atoms with Gasteiger partial charge in [0.2, 0.25) is 0 Å². The molecule has 154 valence electrons. The third-order valence-electron chi connectivity index (χ3n) is 6.12.